The number of ether oxygens (including phenoxy) is 2. The molecule has 0 amide bonds. The Morgan fingerprint density at radius 3 is 2.73 bits per heavy atom. The molecule has 2 N–H and O–H groups in total. The molecule has 0 aliphatic heterocycles. The lowest BCUT2D eigenvalue weighted by Crippen LogP contribution is -2.01. The van der Waals surface area contributed by atoms with Crippen molar-refractivity contribution in [2.45, 2.75) is 13.5 Å². The maximum atomic E-state index is 13.7. The van der Waals surface area contributed by atoms with Gasteiger partial charge in [-0.25, -0.2) is 14.1 Å². The van der Waals surface area contributed by atoms with Gasteiger partial charge in [0, 0.05) is 5.56 Å². The van der Waals surface area contributed by atoms with E-state index < -0.39 is 0 Å². The largest absolute Gasteiger partial charge is 0.493 e. The zero-order valence-corrected chi connectivity index (χ0v) is 14.5. The number of rotatable bonds is 6. The van der Waals surface area contributed by atoms with E-state index in [0.29, 0.717) is 23.0 Å². The summed E-state index contributed by atoms with van der Waals surface area (Å²) in [6, 6.07) is 11.8. The van der Waals surface area contributed by atoms with Gasteiger partial charge >= 0.3 is 0 Å². The number of nitrogens with two attached hydrogens (primary N) is 1. The Morgan fingerprint density at radius 1 is 1.23 bits per heavy atom. The Hall–Kier alpha value is -3.35. The predicted molar refractivity (Wildman–Crippen MR) is 98.1 cm³/mol. The van der Waals surface area contributed by atoms with Crippen LogP contribution in [0, 0.1) is 12.7 Å². The van der Waals surface area contributed by atoms with Crippen LogP contribution in [0.5, 0.6) is 11.5 Å². The van der Waals surface area contributed by atoms with Gasteiger partial charge in [-0.05, 0) is 36.8 Å². The third-order valence-electron chi connectivity index (χ3n) is 3.69. The fourth-order valence-corrected chi connectivity index (χ4v) is 2.38. The summed E-state index contributed by atoms with van der Waals surface area (Å²) in [7, 11) is 1.55. The molecular weight excluding hydrogens is 335 g/mol. The number of halogens is 1. The molecule has 0 aliphatic carbocycles. The number of nitrogens with zero attached hydrogens (tertiary/aromatic N) is 3. The first kappa shape index (κ1) is 17.5. The Labute approximate surface area is 150 Å². The van der Waals surface area contributed by atoms with Gasteiger partial charge in [0.25, 0.3) is 0 Å². The number of hydrogen-bond acceptors (Lipinski definition) is 5. The van der Waals surface area contributed by atoms with Crippen molar-refractivity contribution in [1.29, 1.82) is 0 Å². The SMILES string of the molecule is COc1ccc(C=Nn2cc(C)nc2N)cc1OCc1ccccc1F. The quantitative estimate of drug-likeness (QED) is 0.689. The van der Waals surface area contributed by atoms with Crippen molar-refractivity contribution in [3.05, 3.63) is 71.3 Å². The summed E-state index contributed by atoms with van der Waals surface area (Å²) in [4.78, 5) is 4.09. The Kier molecular flexibility index (Phi) is 5.17. The molecule has 6 nitrogen and oxygen atoms in total. The fourth-order valence-electron chi connectivity index (χ4n) is 2.38. The van der Waals surface area contributed by atoms with Crippen molar-refractivity contribution in [2.24, 2.45) is 5.10 Å². The monoisotopic (exact) mass is 354 g/mol. The summed E-state index contributed by atoms with van der Waals surface area (Å²) < 4.78 is 26.3. The van der Waals surface area contributed by atoms with Gasteiger partial charge in [0.2, 0.25) is 5.95 Å². The van der Waals surface area contributed by atoms with Crippen molar-refractivity contribution in [3.63, 3.8) is 0 Å². The Balaban J connectivity index is 1.80. The Bertz CT molecular complexity index is 937. The summed E-state index contributed by atoms with van der Waals surface area (Å²) in [6.07, 6.45) is 3.36. The summed E-state index contributed by atoms with van der Waals surface area (Å²) >= 11 is 0. The molecule has 7 heteroatoms. The molecule has 0 saturated heterocycles. The number of aryl methyl sites for hydroxylation is 1. The number of nitrogen functional groups attached to an aromatic ring is 1. The second kappa shape index (κ2) is 7.69. The number of methoxy groups -OCH3 is 1. The van der Waals surface area contributed by atoms with Crippen molar-refractivity contribution >= 4 is 12.2 Å². The van der Waals surface area contributed by atoms with Crippen molar-refractivity contribution < 1.29 is 13.9 Å². The summed E-state index contributed by atoms with van der Waals surface area (Å²) in [5.41, 5.74) is 7.79. The van der Waals surface area contributed by atoms with Crippen LogP contribution in [-0.4, -0.2) is 23.0 Å². The third kappa shape index (κ3) is 4.00. The normalized spacial score (nSPS) is 11.0. The second-order valence-electron chi connectivity index (χ2n) is 5.62. The lowest BCUT2D eigenvalue weighted by atomic mass is 10.2. The molecule has 0 atom stereocenters. The standard InChI is InChI=1S/C19H19FN4O2/c1-13-11-24(19(21)23-13)22-10-14-7-8-17(25-2)18(9-14)26-12-15-5-3-4-6-16(15)20/h3-11H,12H2,1-2H3,(H2,21,23). The maximum Gasteiger partial charge on any atom is 0.221 e. The van der Waals surface area contributed by atoms with Gasteiger partial charge in [-0.2, -0.15) is 5.10 Å². The van der Waals surface area contributed by atoms with E-state index in [-0.39, 0.29) is 12.4 Å². The number of imidazole rings is 1. The molecule has 26 heavy (non-hydrogen) atoms. The highest BCUT2D eigenvalue weighted by Crippen LogP contribution is 2.28. The lowest BCUT2D eigenvalue weighted by molar-refractivity contribution is 0.279. The molecule has 0 unspecified atom stereocenters. The highest BCUT2D eigenvalue weighted by Gasteiger charge is 2.08. The zero-order chi connectivity index (χ0) is 18.5. The van der Waals surface area contributed by atoms with Crippen LogP contribution in [-0.2, 0) is 6.61 Å². The molecule has 0 saturated carbocycles. The van der Waals surface area contributed by atoms with E-state index in [1.165, 1.54) is 10.7 Å². The molecule has 0 spiro atoms. The predicted octanol–water partition coefficient (Wildman–Crippen LogP) is 3.38. The first-order valence-electron chi connectivity index (χ1n) is 7.97. The molecule has 1 aromatic heterocycles. The number of benzene rings is 2. The first-order valence-corrected chi connectivity index (χ1v) is 7.97. The van der Waals surface area contributed by atoms with Crippen molar-refractivity contribution in [1.82, 2.24) is 9.66 Å². The molecule has 3 rings (SSSR count). The number of hydrogen-bond donors (Lipinski definition) is 1. The van der Waals surface area contributed by atoms with Gasteiger partial charge in [-0.3, -0.25) is 0 Å². The van der Waals surface area contributed by atoms with Gasteiger partial charge in [0.15, 0.2) is 11.5 Å². The van der Waals surface area contributed by atoms with E-state index in [4.69, 9.17) is 15.2 Å². The van der Waals surface area contributed by atoms with E-state index in [1.807, 2.05) is 13.0 Å². The Morgan fingerprint density at radius 2 is 2.04 bits per heavy atom. The molecule has 0 radical (unpaired) electrons. The van der Waals surface area contributed by atoms with Gasteiger partial charge < -0.3 is 15.2 Å². The molecule has 0 fully saturated rings. The first-order chi connectivity index (χ1) is 12.6. The highest BCUT2D eigenvalue weighted by atomic mass is 19.1. The molecule has 2 aromatic carbocycles. The molecular formula is C19H19FN4O2. The lowest BCUT2D eigenvalue weighted by Gasteiger charge is -2.12. The average molecular weight is 354 g/mol. The van der Waals surface area contributed by atoms with Crippen LogP contribution in [0.1, 0.15) is 16.8 Å². The van der Waals surface area contributed by atoms with E-state index in [0.717, 1.165) is 11.3 Å². The molecule has 134 valence electrons. The zero-order valence-electron chi connectivity index (χ0n) is 14.5. The van der Waals surface area contributed by atoms with Crippen molar-refractivity contribution in [2.75, 3.05) is 12.8 Å². The van der Waals surface area contributed by atoms with Crippen LogP contribution in [0.3, 0.4) is 0 Å². The van der Waals surface area contributed by atoms with Gasteiger partial charge in [0.05, 0.1) is 25.2 Å². The van der Waals surface area contributed by atoms with Crippen LogP contribution >= 0.6 is 0 Å². The van der Waals surface area contributed by atoms with Crippen molar-refractivity contribution in [3.8, 4) is 11.5 Å². The third-order valence-corrected chi connectivity index (χ3v) is 3.69. The van der Waals surface area contributed by atoms with E-state index in [2.05, 4.69) is 10.1 Å². The minimum atomic E-state index is -0.310. The maximum absolute atomic E-state index is 13.7. The van der Waals surface area contributed by atoms with Crippen LogP contribution in [0.25, 0.3) is 0 Å². The fraction of sp³-hybridized carbons (Fsp3) is 0.158. The summed E-state index contributed by atoms with van der Waals surface area (Å²) in [5, 5.41) is 4.27. The molecule has 0 bridgehead atoms. The van der Waals surface area contributed by atoms with Gasteiger partial charge in [0.1, 0.15) is 12.4 Å². The van der Waals surface area contributed by atoms with E-state index >= 15 is 0 Å². The van der Waals surface area contributed by atoms with Crippen LogP contribution in [0.4, 0.5) is 10.3 Å². The summed E-state index contributed by atoms with van der Waals surface area (Å²) in [5.74, 6) is 1.05. The second-order valence-corrected chi connectivity index (χ2v) is 5.62. The van der Waals surface area contributed by atoms with E-state index in [9.17, 15) is 4.39 Å². The number of anilines is 1. The van der Waals surface area contributed by atoms with Crippen LogP contribution < -0.4 is 15.2 Å². The topological polar surface area (TPSA) is 74.7 Å². The highest BCUT2D eigenvalue weighted by molar-refractivity contribution is 5.81. The molecule has 0 aliphatic rings. The van der Waals surface area contributed by atoms with Crippen LogP contribution in [0.15, 0.2) is 53.8 Å². The van der Waals surface area contributed by atoms with Gasteiger partial charge in [-0.15, -0.1) is 0 Å². The van der Waals surface area contributed by atoms with Gasteiger partial charge in [-0.1, -0.05) is 18.2 Å². The number of aromatic nitrogens is 2. The van der Waals surface area contributed by atoms with Crippen LogP contribution in [0.2, 0.25) is 0 Å². The smallest absolute Gasteiger partial charge is 0.221 e. The molecule has 3 aromatic rings. The minimum absolute atomic E-state index is 0.0945. The molecule has 1 heterocycles. The summed E-state index contributed by atoms with van der Waals surface area (Å²) in [6.45, 7) is 1.93. The average Bonchev–Trinajstić information content (AvgIpc) is 2.96. The van der Waals surface area contributed by atoms with E-state index in [1.54, 1.807) is 49.9 Å². The minimum Gasteiger partial charge on any atom is -0.493 e.